The molecule has 0 spiro atoms. The molecule has 0 radical (unpaired) electrons. The molecule has 88 valence electrons. The number of nitrogens with zero attached hydrogens (tertiary/aromatic N) is 3. The van der Waals surface area contributed by atoms with Crippen LogP contribution in [0, 0.1) is 12.3 Å². The molecule has 4 heteroatoms. The Labute approximate surface area is 101 Å². The van der Waals surface area contributed by atoms with E-state index in [2.05, 4.69) is 10.9 Å². The molecule has 0 unspecified atom stereocenters. The molecule has 4 nitrogen and oxygen atoms in total. The monoisotopic (exact) mass is 229 g/mol. The highest BCUT2D eigenvalue weighted by atomic mass is 16.2. The number of amides is 1. The van der Waals surface area contributed by atoms with Crippen LogP contribution in [0.25, 0.3) is 0 Å². The van der Waals surface area contributed by atoms with Crippen molar-refractivity contribution in [2.75, 3.05) is 12.1 Å². The van der Waals surface area contributed by atoms with E-state index >= 15 is 0 Å². The number of pyridine rings is 1. The Hall–Kier alpha value is -1.86. The van der Waals surface area contributed by atoms with Crippen LogP contribution >= 0.6 is 0 Å². The summed E-state index contributed by atoms with van der Waals surface area (Å²) in [5.41, 5.74) is 0.970. The van der Waals surface area contributed by atoms with Gasteiger partial charge in [0.25, 0.3) is 0 Å². The molecule has 0 aliphatic carbocycles. The molecule has 1 saturated heterocycles. The van der Waals surface area contributed by atoms with Crippen molar-refractivity contribution < 1.29 is 4.79 Å². The van der Waals surface area contributed by atoms with Gasteiger partial charge in [-0.1, -0.05) is 0 Å². The van der Waals surface area contributed by atoms with Gasteiger partial charge in [0.1, 0.15) is 5.69 Å². The Morgan fingerprint density at radius 1 is 1.53 bits per heavy atom. The van der Waals surface area contributed by atoms with Crippen LogP contribution in [0.1, 0.15) is 26.0 Å². The van der Waals surface area contributed by atoms with E-state index < -0.39 is 0 Å². The Morgan fingerprint density at radius 2 is 2.24 bits per heavy atom. The number of terminal acetylenes is 1. The summed E-state index contributed by atoms with van der Waals surface area (Å²) >= 11 is 0. The molecular weight excluding hydrogens is 214 g/mol. The standard InChI is InChI=1S/C13H15N3O/c1-5-10-11(7-6-8-14-10)16-12(17)9-13(2,3)15(16)4/h1,6-8H,9H2,2-4H3. The van der Waals surface area contributed by atoms with Gasteiger partial charge < -0.3 is 0 Å². The van der Waals surface area contributed by atoms with Gasteiger partial charge in [-0.2, -0.15) is 0 Å². The molecule has 0 bridgehead atoms. The summed E-state index contributed by atoms with van der Waals surface area (Å²) in [5.74, 6) is 2.55. The van der Waals surface area contributed by atoms with Gasteiger partial charge in [-0.25, -0.2) is 15.0 Å². The van der Waals surface area contributed by atoms with Gasteiger partial charge >= 0.3 is 0 Å². The highest BCUT2D eigenvalue weighted by Crippen LogP contribution is 2.33. The van der Waals surface area contributed by atoms with Crippen molar-refractivity contribution in [1.29, 1.82) is 0 Å². The number of carbonyl (C=O) groups excluding carboxylic acids is 1. The number of aromatic nitrogens is 1. The van der Waals surface area contributed by atoms with E-state index in [9.17, 15) is 4.79 Å². The fraction of sp³-hybridized carbons (Fsp3) is 0.385. The summed E-state index contributed by atoms with van der Waals surface area (Å²) < 4.78 is 0. The maximum atomic E-state index is 12.1. The summed E-state index contributed by atoms with van der Waals surface area (Å²) in [6, 6.07) is 3.60. The van der Waals surface area contributed by atoms with Crippen LogP contribution < -0.4 is 5.01 Å². The van der Waals surface area contributed by atoms with Crippen LogP contribution in [0.2, 0.25) is 0 Å². The van der Waals surface area contributed by atoms with Crippen molar-refractivity contribution in [3.05, 3.63) is 24.0 Å². The Kier molecular flexibility index (Phi) is 2.64. The zero-order chi connectivity index (χ0) is 12.6. The van der Waals surface area contributed by atoms with Gasteiger partial charge in [-0.15, -0.1) is 6.42 Å². The molecule has 2 heterocycles. The average molecular weight is 229 g/mol. The average Bonchev–Trinajstić information content (AvgIpc) is 2.48. The van der Waals surface area contributed by atoms with Gasteiger partial charge in [-0.05, 0) is 31.9 Å². The molecule has 1 aromatic rings. The van der Waals surface area contributed by atoms with Crippen molar-refractivity contribution in [1.82, 2.24) is 9.99 Å². The summed E-state index contributed by atoms with van der Waals surface area (Å²) in [6.07, 6.45) is 7.51. The second-order valence-electron chi connectivity index (χ2n) is 4.73. The second-order valence-corrected chi connectivity index (χ2v) is 4.73. The van der Waals surface area contributed by atoms with Gasteiger partial charge in [0.2, 0.25) is 5.91 Å². The summed E-state index contributed by atoms with van der Waals surface area (Å²) in [5, 5.41) is 3.52. The molecule has 1 aromatic heterocycles. The predicted octanol–water partition coefficient (Wildman–Crippen LogP) is 1.43. The van der Waals surface area contributed by atoms with Crippen LogP contribution in [0.5, 0.6) is 0 Å². The maximum Gasteiger partial charge on any atom is 0.243 e. The van der Waals surface area contributed by atoms with E-state index in [4.69, 9.17) is 6.42 Å². The Bertz CT molecular complexity index is 502. The van der Waals surface area contributed by atoms with E-state index in [0.717, 1.165) is 0 Å². The SMILES string of the molecule is C#Cc1ncccc1N1C(=O)CC(C)(C)N1C. The molecule has 0 atom stereocenters. The minimum Gasteiger partial charge on any atom is -0.273 e. The van der Waals surface area contributed by atoms with Crippen molar-refractivity contribution in [2.24, 2.45) is 0 Å². The predicted molar refractivity (Wildman–Crippen MR) is 66.1 cm³/mol. The quantitative estimate of drug-likeness (QED) is 0.683. The first-order valence-corrected chi connectivity index (χ1v) is 5.46. The van der Waals surface area contributed by atoms with Gasteiger partial charge in [0, 0.05) is 25.2 Å². The van der Waals surface area contributed by atoms with Crippen molar-refractivity contribution in [2.45, 2.75) is 25.8 Å². The number of rotatable bonds is 1. The highest BCUT2D eigenvalue weighted by Gasteiger charge is 2.42. The summed E-state index contributed by atoms with van der Waals surface area (Å²) in [6.45, 7) is 4.05. The fourth-order valence-corrected chi connectivity index (χ4v) is 1.97. The first-order valence-electron chi connectivity index (χ1n) is 5.46. The molecule has 1 amide bonds. The number of hydrogen-bond donors (Lipinski definition) is 0. The number of anilines is 1. The van der Waals surface area contributed by atoms with Crippen LogP contribution in [0.15, 0.2) is 18.3 Å². The fourth-order valence-electron chi connectivity index (χ4n) is 1.97. The summed E-state index contributed by atoms with van der Waals surface area (Å²) in [4.78, 5) is 16.2. The first kappa shape index (κ1) is 11.6. The lowest BCUT2D eigenvalue weighted by molar-refractivity contribution is -0.117. The van der Waals surface area contributed by atoms with Crippen LogP contribution in [-0.4, -0.2) is 28.5 Å². The van der Waals surface area contributed by atoms with Crippen molar-refractivity contribution in [3.8, 4) is 12.3 Å². The molecular formula is C13H15N3O. The molecule has 1 aliphatic rings. The zero-order valence-corrected chi connectivity index (χ0v) is 10.3. The minimum atomic E-state index is -0.196. The molecule has 0 saturated carbocycles. The number of hydrazine groups is 1. The van der Waals surface area contributed by atoms with Crippen LogP contribution in [-0.2, 0) is 4.79 Å². The van der Waals surface area contributed by atoms with Crippen molar-refractivity contribution in [3.63, 3.8) is 0 Å². The Morgan fingerprint density at radius 3 is 2.76 bits per heavy atom. The van der Waals surface area contributed by atoms with Crippen LogP contribution in [0.4, 0.5) is 5.69 Å². The first-order chi connectivity index (χ1) is 7.97. The molecule has 2 rings (SSSR count). The van der Waals surface area contributed by atoms with E-state index in [1.165, 1.54) is 0 Å². The zero-order valence-electron chi connectivity index (χ0n) is 10.3. The summed E-state index contributed by atoms with van der Waals surface area (Å²) in [7, 11) is 1.89. The lowest BCUT2D eigenvalue weighted by atomic mass is 10.0. The van der Waals surface area contributed by atoms with Gasteiger partial charge in [-0.3, -0.25) is 4.79 Å². The van der Waals surface area contributed by atoms with Gasteiger partial charge in [0.15, 0.2) is 0 Å². The minimum absolute atomic E-state index is 0.0435. The van der Waals surface area contributed by atoms with E-state index in [1.807, 2.05) is 32.0 Å². The third kappa shape index (κ3) is 1.79. The molecule has 0 N–H and O–H groups in total. The lowest BCUT2D eigenvalue weighted by Gasteiger charge is -2.32. The topological polar surface area (TPSA) is 36.4 Å². The van der Waals surface area contributed by atoms with E-state index in [-0.39, 0.29) is 11.4 Å². The van der Waals surface area contributed by atoms with Gasteiger partial charge in [0.05, 0.1) is 5.69 Å². The van der Waals surface area contributed by atoms with E-state index in [1.54, 1.807) is 17.3 Å². The smallest absolute Gasteiger partial charge is 0.243 e. The lowest BCUT2D eigenvalue weighted by Crippen LogP contribution is -2.44. The highest BCUT2D eigenvalue weighted by molar-refractivity contribution is 5.96. The normalized spacial score (nSPS) is 19.4. The molecule has 1 fully saturated rings. The third-order valence-corrected chi connectivity index (χ3v) is 3.15. The second kappa shape index (κ2) is 3.86. The maximum absolute atomic E-state index is 12.1. The Balaban J connectivity index is 2.48. The molecule has 0 aromatic carbocycles. The number of carbonyl (C=O) groups is 1. The largest absolute Gasteiger partial charge is 0.273 e. The number of hydrogen-bond acceptors (Lipinski definition) is 3. The molecule has 1 aliphatic heterocycles. The van der Waals surface area contributed by atoms with Crippen molar-refractivity contribution >= 4 is 11.6 Å². The van der Waals surface area contributed by atoms with E-state index in [0.29, 0.717) is 17.8 Å². The van der Waals surface area contributed by atoms with Crippen LogP contribution in [0.3, 0.4) is 0 Å². The molecule has 17 heavy (non-hydrogen) atoms. The third-order valence-electron chi connectivity index (χ3n) is 3.15.